The fraction of sp³-hybridized carbons (Fsp3) is 0.0625. The second kappa shape index (κ2) is 4.67. The van der Waals surface area contributed by atoms with Gasteiger partial charge >= 0.3 is 0 Å². The number of hydrogen-bond acceptors (Lipinski definition) is 1. The van der Waals surface area contributed by atoms with Crippen LogP contribution in [0.3, 0.4) is 0 Å². The molecule has 0 unspecified atom stereocenters. The van der Waals surface area contributed by atoms with Crippen molar-refractivity contribution in [3.05, 3.63) is 76.3 Å². The molecule has 0 bridgehead atoms. The van der Waals surface area contributed by atoms with Crippen LogP contribution in [0, 0.1) is 0 Å². The standard InChI is InChI=1S/C16H12BrNO/c1-11-13-7-3-4-8-14(13)16(19)18(11)10-12-6-2-5-9-15(12)17/h2-9H,1,10H2. The van der Waals surface area contributed by atoms with Crippen molar-refractivity contribution in [2.45, 2.75) is 6.54 Å². The molecule has 1 heterocycles. The van der Waals surface area contributed by atoms with Crippen LogP contribution in [0.5, 0.6) is 0 Å². The lowest BCUT2D eigenvalue weighted by molar-refractivity contribution is 0.0843. The van der Waals surface area contributed by atoms with Crippen molar-refractivity contribution in [2.75, 3.05) is 0 Å². The van der Waals surface area contributed by atoms with Gasteiger partial charge in [-0.3, -0.25) is 4.79 Å². The molecule has 0 atom stereocenters. The maximum Gasteiger partial charge on any atom is 0.259 e. The molecular weight excluding hydrogens is 302 g/mol. The van der Waals surface area contributed by atoms with E-state index in [-0.39, 0.29) is 5.91 Å². The van der Waals surface area contributed by atoms with Crippen LogP contribution >= 0.6 is 15.9 Å². The highest BCUT2D eigenvalue weighted by atomic mass is 79.9. The molecule has 0 saturated heterocycles. The number of amides is 1. The van der Waals surface area contributed by atoms with Gasteiger partial charge in [0.15, 0.2) is 0 Å². The summed E-state index contributed by atoms with van der Waals surface area (Å²) in [6, 6.07) is 15.5. The number of nitrogens with zero attached hydrogens (tertiary/aromatic N) is 1. The monoisotopic (exact) mass is 313 g/mol. The average Bonchev–Trinajstić information content (AvgIpc) is 2.67. The summed E-state index contributed by atoms with van der Waals surface area (Å²) in [6.45, 7) is 4.58. The summed E-state index contributed by atoms with van der Waals surface area (Å²) in [5, 5.41) is 0. The van der Waals surface area contributed by atoms with Gasteiger partial charge in [0.05, 0.1) is 6.54 Å². The van der Waals surface area contributed by atoms with Gasteiger partial charge in [-0.05, 0) is 17.7 Å². The van der Waals surface area contributed by atoms with Crippen molar-refractivity contribution >= 4 is 27.5 Å². The molecule has 0 N–H and O–H groups in total. The number of fused-ring (bicyclic) bond motifs is 1. The van der Waals surface area contributed by atoms with Gasteiger partial charge in [0, 0.05) is 21.3 Å². The zero-order valence-corrected chi connectivity index (χ0v) is 11.9. The van der Waals surface area contributed by atoms with Gasteiger partial charge in [0.1, 0.15) is 0 Å². The van der Waals surface area contributed by atoms with E-state index in [1.54, 1.807) is 4.90 Å². The maximum absolute atomic E-state index is 12.4. The number of benzene rings is 2. The van der Waals surface area contributed by atoms with E-state index in [0.717, 1.165) is 26.9 Å². The van der Waals surface area contributed by atoms with Crippen LogP contribution in [0.15, 0.2) is 59.6 Å². The molecule has 3 heteroatoms. The van der Waals surface area contributed by atoms with Crippen molar-refractivity contribution in [3.8, 4) is 0 Å². The smallest absolute Gasteiger partial charge is 0.259 e. The number of carbonyl (C=O) groups is 1. The first kappa shape index (κ1) is 12.2. The Labute approximate surface area is 120 Å². The van der Waals surface area contributed by atoms with Gasteiger partial charge in [-0.2, -0.15) is 0 Å². The molecule has 1 aliphatic rings. The Kier molecular flexibility index (Phi) is 2.99. The third-order valence-corrected chi connectivity index (χ3v) is 4.10. The second-order valence-electron chi connectivity index (χ2n) is 4.47. The Balaban J connectivity index is 1.95. The van der Waals surface area contributed by atoms with Crippen molar-refractivity contribution in [2.24, 2.45) is 0 Å². The number of halogens is 1. The number of rotatable bonds is 2. The predicted molar refractivity (Wildman–Crippen MR) is 79.5 cm³/mol. The zero-order valence-electron chi connectivity index (χ0n) is 10.3. The second-order valence-corrected chi connectivity index (χ2v) is 5.33. The van der Waals surface area contributed by atoms with Crippen LogP contribution in [0.4, 0.5) is 0 Å². The molecule has 94 valence electrons. The summed E-state index contributed by atoms with van der Waals surface area (Å²) in [5.41, 5.74) is 3.51. The van der Waals surface area contributed by atoms with Crippen molar-refractivity contribution < 1.29 is 4.79 Å². The third kappa shape index (κ3) is 2.00. The van der Waals surface area contributed by atoms with Gasteiger partial charge in [0.25, 0.3) is 5.91 Å². The topological polar surface area (TPSA) is 20.3 Å². The minimum absolute atomic E-state index is 0.0244. The Morgan fingerprint density at radius 3 is 2.32 bits per heavy atom. The summed E-state index contributed by atoms with van der Waals surface area (Å²) in [6.07, 6.45) is 0. The summed E-state index contributed by atoms with van der Waals surface area (Å²) in [4.78, 5) is 14.1. The van der Waals surface area contributed by atoms with E-state index in [9.17, 15) is 4.79 Å². The summed E-state index contributed by atoms with van der Waals surface area (Å²) < 4.78 is 1.01. The first-order valence-corrected chi connectivity index (χ1v) is 6.81. The zero-order chi connectivity index (χ0) is 13.4. The van der Waals surface area contributed by atoms with E-state index in [0.29, 0.717) is 6.54 Å². The molecule has 2 aromatic carbocycles. The van der Waals surface area contributed by atoms with Crippen molar-refractivity contribution in [3.63, 3.8) is 0 Å². The Morgan fingerprint density at radius 2 is 1.63 bits per heavy atom. The molecule has 0 fully saturated rings. The van der Waals surface area contributed by atoms with Crippen LogP contribution in [0.1, 0.15) is 21.5 Å². The first-order valence-electron chi connectivity index (χ1n) is 6.02. The lowest BCUT2D eigenvalue weighted by Gasteiger charge is -2.18. The quantitative estimate of drug-likeness (QED) is 0.818. The molecule has 19 heavy (non-hydrogen) atoms. The van der Waals surface area contributed by atoms with E-state index >= 15 is 0 Å². The highest BCUT2D eigenvalue weighted by molar-refractivity contribution is 9.10. The SMILES string of the molecule is C=C1c2ccccc2C(=O)N1Cc1ccccc1Br. The molecule has 2 aromatic rings. The van der Waals surface area contributed by atoms with E-state index in [2.05, 4.69) is 22.5 Å². The molecule has 0 spiro atoms. The maximum atomic E-state index is 12.4. The highest BCUT2D eigenvalue weighted by Crippen LogP contribution is 2.33. The minimum atomic E-state index is 0.0244. The summed E-state index contributed by atoms with van der Waals surface area (Å²) in [5.74, 6) is 0.0244. The van der Waals surface area contributed by atoms with E-state index in [1.807, 2.05) is 48.5 Å². The van der Waals surface area contributed by atoms with Crippen molar-refractivity contribution in [1.29, 1.82) is 0 Å². The normalized spacial score (nSPS) is 13.8. The predicted octanol–water partition coefficient (Wildman–Crippen LogP) is 4.08. The Morgan fingerprint density at radius 1 is 1.00 bits per heavy atom. The Hall–Kier alpha value is -1.87. The molecule has 0 aliphatic carbocycles. The number of carbonyl (C=O) groups excluding carboxylic acids is 1. The number of hydrogen-bond donors (Lipinski definition) is 0. The molecule has 0 saturated carbocycles. The van der Waals surface area contributed by atoms with Gasteiger partial charge in [-0.15, -0.1) is 0 Å². The van der Waals surface area contributed by atoms with Crippen LogP contribution in [-0.2, 0) is 6.54 Å². The lowest BCUT2D eigenvalue weighted by Crippen LogP contribution is -2.22. The van der Waals surface area contributed by atoms with Crippen LogP contribution < -0.4 is 0 Å². The minimum Gasteiger partial charge on any atom is -0.304 e. The summed E-state index contributed by atoms with van der Waals surface area (Å²) in [7, 11) is 0. The fourth-order valence-electron chi connectivity index (χ4n) is 2.30. The van der Waals surface area contributed by atoms with Gasteiger partial charge < -0.3 is 4.90 Å². The van der Waals surface area contributed by atoms with E-state index in [4.69, 9.17) is 0 Å². The van der Waals surface area contributed by atoms with Crippen LogP contribution in [-0.4, -0.2) is 10.8 Å². The fourth-order valence-corrected chi connectivity index (χ4v) is 2.71. The van der Waals surface area contributed by atoms with E-state index in [1.165, 1.54) is 0 Å². The molecule has 1 amide bonds. The van der Waals surface area contributed by atoms with Crippen LogP contribution in [0.2, 0.25) is 0 Å². The molecular formula is C16H12BrNO. The Bertz CT molecular complexity index is 643. The molecule has 1 aliphatic heterocycles. The largest absolute Gasteiger partial charge is 0.304 e. The van der Waals surface area contributed by atoms with E-state index < -0.39 is 0 Å². The molecule has 2 nitrogen and oxygen atoms in total. The van der Waals surface area contributed by atoms with Crippen LogP contribution in [0.25, 0.3) is 5.70 Å². The highest BCUT2D eigenvalue weighted by Gasteiger charge is 2.30. The third-order valence-electron chi connectivity index (χ3n) is 3.33. The molecule has 0 radical (unpaired) electrons. The van der Waals surface area contributed by atoms with Gasteiger partial charge in [-0.25, -0.2) is 0 Å². The lowest BCUT2D eigenvalue weighted by atomic mass is 10.1. The van der Waals surface area contributed by atoms with Gasteiger partial charge in [0.2, 0.25) is 0 Å². The molecule has 3 rings (SSSR count). The molecule has 0 aromatic heterocycles. The van der Waals surface area contributed by atoms with Crippen molar-refractivity contribution in [1.82, 2.24) is 4.90 Å². The first-order chi connectivity index (χ1) is 9.18. The van der Waals surface area contributed by atoms with Gasteiger partial charge in [-0.1, -0.05) is 58.9 Å². The average molecular weight is 314 g/mol. The summed E-state index contributed by atoms with van der Waals surface area (Å²) >= 11 is 3.51.